The number of hydrogen-bond acceptors (Lipinski definition) is 17. The number of carbonyl (C=O) groups excluding carboxylic acids is 4. The van der Waals surface area contributed by atoms with Crippen molar-refractivity contribution in [3.05, 3.63) is 89.8 Å². The Labute approximate surface area is 466 Å². The second-order valence-electron chi connectivity index (χ2n) is 22.1. The molecule has 80 heavy (non-hydrogen) atoms. The minimum Gasteiger partial charge on any atom is -0.492 e. The first-order valence-corrected chi connectivity index (χ1v) is 29.0. The zero-order valence-corrected chi connectivity index (χ0v) is 47.7. The second kappa shape index (κ2) is 24.4. The van der Waals surface area contributed by atoms with Crippen LogP contribution >= 0.6 is 0 Å². The second-order valence-corrected chi connectivity index (χ2v) is 24.8. The number of nitrogens with zero attached hydrogens (tertiary/aromatic N) is 10. The molecular formula is C56H74N16O7S. The van der Waals surface area contributed by atoms with E-state index >= 15 is 0 Å². The lowest BCUT2D eigenvalue weighted by atomic mass is 9.83. The third-order valence-electron chi connectivity index (χ3n) is 15.5. The Morgan fingerprint density at radius 3 is 2.30 bits per heavy atom. The smallest absolute Gasteiger partial charge is 0.254 e. The van der Waals surface area contributed by atoms with Crippen molar-refractivity contribution in [2.24, 2.45) is 5.92 Å². The summed E-state index contributed by atoms with van der Waals surface area (Å²) in [7, 11) is -2.17. The molecule has 2 aromatic carbocycles. The predicted octanol–water partition coefficient (Wildman–Crippen LogP) is 5.17. The van der Waals surface area contributed by atoms with E-state index in [4.69, 9.17) is 4.74 Å². The highest BCUT2D eigenvalue weighted by Crippen LogP contribution is 2.38. The molecule has 3 fully saturated rings. The van der Waals surface area contributed by atoms with Gasteiger partial charge in [-0.2, -0.15) is 10.2 Å². The molecule has 2 saturated heterocycles. The van der Waals surface area contributed by atoms with Gasteiger partial charge in [0.2, 0.25) is 23.7 Å². The molecule has 0 radical (unpaired) electrons. The molecule has 3 aliphatic rings. The molecule has 2 aliphatic heterocycles. The maximum absolute atomic E-state index is 14.9. The first-order chi connectivity index (χ1) is 38.3. The van der Waals surface area contributed by atoms with Crippen molar-refractivity contribution in [1.82, 2.24) is 65.7 Å². The van der Waals surface area contributed by atoms with Gasteiger partial charge in [0.15, 0.2) is 15.7 Å². The fraction of sp³-hybridized carbons (Fsp3) is 0.500. The minimum absolute atomic E-state index is 0.0423. The monoisotopic (exact) mass is 1110 g/mol. The quantitative estimate of drug-likeness (QED) is 0.0571. The lowest BCUT2D eigenvalue weighted by Gasteiger charge is -2.35. The van der Waals surface area contributed by atoms with Gasteiger partial charge in [-0.1, -0.05) is 37.5 Å². The number of aryl methyl sites for hydroxylation is 2. The van der Waals surface area contributed by atoms with Crippen LogP contribution in [0.5, 0.6) is 5.75 Å². The molecule has 6 aromatic rings. The van der Waals surface area contributed by atoms with Crippen molar-refractivity contribution in [1.29, 1.82) is 0 Å². The Bertz CT molecular complexity index is 3300. The van der Waals surface area contributed by atoms with E-state index in [2.05, 4.69) is 71.6 Å². The standard InChI is InChI=1S/C56H74N16O7S/c1-34-26-47(72(68-34)41-18-13-10-14-19-41)63-53(75)44-27-40(32-71(44)54(76)48(38-16-11-9-12-17-38)64-51(73)37(4)57-8)62-52(74)39-30-58-55(59-31-39)70-23-21-69(22-24-70)20-15-25-79-45-29-43-42(28-46(45)80(77,78)56(5,6)7)50(61-33-60-43)65-49-35(2)36(3)66-67-49/h10,13-14,18-19,26,28-31,33,37-38,40,44,48,57H,9,11-12,15-17,20-25,27,32H2,1-8H3,(H,62,74)(H,63,75)(H,64,73)(H2,60,61,65,66,67)/t37-,40-,44-,48-/m0/s1. The number of carbonyl (C=O) groups is 4. The van der Waals surface area contributed by atoms with Gasteiger partial charge < -0.3 is 41.1 Å². The summed E-state index contributed by atoms with van der Waals surface area (Å²) in [4.78, 5) is 80.6. The van der Waals surface area contributed by atoms with Crippen LogP contribution in [0.1, 0.15) is 99.9 Å². The Kier molecular flexibility index (Phi) is 17.4. The normalized spacial score (nSPS) is 18.2. The molecule has 1 aliphatic carbocycles. The van der Waals surface area contributed by atoms with Crippen LogP contribution in [0.15, 0.2) is 72.1 Å². The third-order valence-corrected chi connectivity index (χ3v) is 18.0. The van der Waals surface area contributed by atoms with Crippen molar-refractivity contribution in [3.63, 3.8) is 0 Å². The number of hydrogen-bond donors (Lipinski definition) is 6. The Balaban J connectivity index is 0.821. The number of nitrogens with one attached hydrogen (secondary N) is 6. The summed E-state index contributed by atoms with van der Waals surface area (Å²) < 4.78 is 34.8. The van der Waals surface area contributed by atoms with E-state index in [0.29, 0.717) is 79.1 Å². The van der Waals surface area contributed by atoms with E-state index in [1.165, 1.54) is 23.6 Å². The molecule has 4 amide bonds. The van der Waals surface area contributed by atoms with E-state index in [1.54, 1.807) is 57.6 Å². The Hall–Kier alpha value is -7.57. The topological polar surface area (TPSA) is 280 Å². The molecule has 23 nitrogen and oxygen atoms in total. The minimum atomic E-state index is -3.85. The van der Waals surface area contributed by atoms with Crippen molar-refractivity contribution >= 4 is 67.8 Å². The summed E-state index contributed by atoms with van der Waals surface area (Å²) in [5.74, 6) is 0.487. The van der Waals surface area contributed by atoms with Gasteiger partial charge in [0.1, 0.15) is 40.7 Å². The number of aromatic amines is 1. The zero-order valence-electron chi connectivity index (χ0n) is 46.9. The maximum atomic E-state index is 14.9. The SMILES string of the molecule is CN[C@@H](C)C(=O)N[C@H](C(=O)N1C[C@@H](NC(=O)c2cnc(N3CCN(CCCOc4cc5ncnc(Nc6n[nH]c(C)c6C)c5cc4S(=O)(=O)C(C)(C)C)CC3)nc2)C[C@H]1C(=O)Nc1cc(C)nn1-c1ccccc1)C1CCCCC1. The number of para-hydroxylation sites is 1. The summed E-state index contributed by atoms with van der Waals surface area (Å²) >= 11 is 0. The number of benzene rings is 2. The highest BCUT2D eigenvalue weighted by Gasteiger charge is 2.45. The lowest BCUT2D eigenvalue weighted by Crippen LogP contribution is -2.57. The van der Waals surface area contributed by atoms with Gasteiger partial charge in [0, 0.05) is 86.5 Å². The van der Waals surface area contributed by atoms with Crippen LogP contribution in [0.2, 0.25) is 0 Å². The molecule has 426 valence electrons. The number of amides is 4. The maximum Gasteiger partial charge on any atom is 0.254 e. The first-order valence-electron chi connectivity index (χ1n) is 27.6. The number of ether oxygens (including phenoxy) is 1. The average Bonchev–Trinajstić information content (AvgIpc) is 4.15. The van der Waals surface area contributed by atoms with E-state index in [9.17, 15) is 27.6 Å². The van der Waals surface area contributed by atoms with E-state index in [-0.39, 0.29) is 53.5 Å². The number of sulfone groups is 1. The van der Waals surface area contributed by atoms with Crippen LogP contribution in [0.3, 0.4) is 0 Å². The highest BCUT2D eigenvalue weighted by atomic mass is 32.2. The van der Waals surface area contributed by atoms with Crippen LogP contribution in [0, 0.1) is 26.7 Å². The molecule has 1 saturated carbocycles. The van der Waals surface area contributed by atoms with Crippen molar-refractivity contribution in [2.45, 2.75) is 127 Å². The van der Waals surface area contributed by atoms with Crippen LogP contribution in [0.25, 0.3) is 16.6 Å². The number of anilines is 4. The zero-order chi connectivity index (χ0) is 56.9. The van der Waals surface area contributed by atoms with Gasteiger partial charge in [0.05, 0.1) is 39.9 Å². The Morgan fingerprint density at radius 2 is 1.62 bits per heavy atom. The van der Waals surface area contributed by atoms with Crippen LogP contribution in [-0.2, 0) is 24.2 Å². The van der Waals surface area contributed by atoms with Gasteiger partial charge >= 0.3 is 0 Å². The summed E-state index contributed by atoms with van der Waals surface area (Å²) in [6.07, 6.45) is 9.59. The van der Waals surface area contributed by atoms with Gasteiger partial charge in [-0.3, -0.25) is 29.2 Å². The summed E-state index contributed by atoms with van der Waals surface area (Å²) in [6, 6.07) is 11.4. The largest absolute Gasteiger partial charge is 0.492 e. The molecular weight excluding hydrogens is 1040 g/mol. The van der Waals surface area contributed by atoms with Gasteiger partial charge in [0.25, 0.3) is 5.91 Å². The summed E-state index contributed by atoms with van der Waals surface area (Å²) in [5, 5.41) is 27.7. The molecule has 9 rings (SSSR count). The third kappa shape index (κ3) is 12.7. The van der Waals surface area contributed by atoms with Gasteiger partial charge in [-0.15, -0.1) is 0 Å². The molecule has 24 heteroatoms. The number of fused-ring (bicyclic) bond motifs is 1. The summed E-state index contributed by atoms with van der Waals surface area (Å²) in [6.45, 7) is 16.1. The molecule has 4 atom stereocenters. The molecule has 6 N–H and O–H groups in total. The van der Waals surface area contributed by atoms with Crippen molar-refractivity contribution < 1.29 is 32.3 Å². The fourth-order valence-corrected chi connectivity index (χ4v) is 11.8. The number of likely N-dealkylation sites (tertiary alicyclic amines) is 1. The predicted molar refractivity (Wildman–Crippen MR) is 304 cm³/mol. The van der Waals surface area contributed by atoms with E-state index in [0.717, 1.165) is 49.0 Å². The summed E-state index contributed by atoms with van der Waals surface area (Å²) in [5.41, 5.74) is 3.99. The number of rotatable bonds is 19. The molecule has 4 aromatic heterocycles. The molecule has 0 bridgehead atoms. The average molecular weight is 1120 g/mol. The number of piperazine rings is 1. The number of aromatic nitrogens is 8. The number of H-pyrrole nitrogens is 1. The van der Waals surface area contributed by atoms with Crippen molar-refractivity contribution in [2.75, 3.05) is 68.5 Å². The van der Waals surface area contributed by atoms with E-state index < -0.39 is 50.6 Å². The fourth-order valence-electron chi connectivity index (χ4n) is 10.5. The van der Waals surface area contributed by atoms with Crippen LogP contribution in [0.4, 0.5) is 23.4 Å². The number of likely N-dealkylation sites (N-methyl/N-ethyl adjacent to an activating group) is 1. The highest BCUT2D eigenvalue weighted by molar-refractivity contribution is 7.92. The van der Waals surface area contributed by atoms with E-state index in [1.807, 2.05) is 51.1 Å². The van der Waals surface area contributed by atoms with Crippen LogP contribution < -0.4 is 36.2 Å². The molecule has 6 heterocycles. The van der Waals surface area contributed by atoms with Gasteiger partial charge in [-0.25, -0.2) is 33.0 Å². The molecule has 0 spiro atoms. The first kappa shape index (κ1) is 57.1. The van der Waals surface area contributed by atoms with Crippen molar-refractivity contribution in [3.8, 4) is 11.4 Å². The molecule has 0 unspecified atom stereocenters. The lowest BCUT2D eigenvalue weighted by molar-refractivity contribution is -0.142. The Morgan fingerprint density at radius 1 is 0.900 bits per heavy atom. The van der Waals surface area contributed by atoms with Gasteiger partial charge in [-0.05, 0) is 105 Å². The van der Waals surface area contributed by atoms with Crippen LogP contribution in [-0.4, -0.2) is 164 Å².